The van der Waals surface area contributed by atoms with Crippen LogP contribution in [-0.2, 0) is 11.3 Å². The molecule has 122 valence electrons. The number of aromatic nitrogens is 2. The molecule has 2 rings (SSSR count). The molecule has 2 heterocycles. The zero-order valence-corrected chi connectivity index (χ0v) is 12.6. The summed E-state index contributed by atoms with van der Waals surface area (Å²) in [5.41, 5.74) is -3.27. The molecule has 1 amide bonds. The van der Waals surface area contributed by atoms with Gasteiger partial charge in [0.15, 0.2) is 0 Å². The van der Waals surface area contributed by atoms with Crippen molar-refractivity contribution >= 4 is 23.2 Å². The molecule has 0 bridgehead atoms. The molecule has 10 heteroatoms. The molecule has 0 spiro atoms. The summed E-state index contributed by atoms with van der Waals surface area (Å²) in [5.74, 6) is -1.82. The summed E-state index contributed by atoms with van der Waals surface area (Å²) in [6, 6.07) is 0. The average molecular weight is 339 g/mol. The van der Waals surface area contributed by atoms with E-state index in [2.05, 4.69) is 10.2 Å². The molecule has 0 unspecified atom stereocenters. The summed E-state index contributed by atoms with van der Waals surface area (Å²) in [7, 11) is 0. The Morgan fingerprint density at radius 3 is 2.73 bits per heavy atom. The van der Waals surface area contributed by atoms with Crippen LogP contribution in [-0.4, -0.2) is 43.4 Å². The molecule has 1 aromatic rings. The predicted molar refractivity (Wildman–Crippen MR) is 72.0 cm³/mol. The number of hydrogen-bond acceptors (Lipinski definition) is 4. The zero-order chi connectivity index (χ0) is 16.7. The molecule has 6 nitrogen and oxygen atoms in total. The summed E-state index contributed by atoms with van der Waals surface area (Å²) in [4.78, 5) is 12.2. The Labute approximate surface area is 129 Å². The van der Waals surface area contributed by atoms with Gasteiger partial charge in [0.05, 0.1) is 23.7 Å². The quantitative estimate of drug-likeness (QED) is 0.916. The lowest BCUT2D eigenvalue weighted by Gasteiger charge is -2.33. The number of amides is 1. The van der Waals surface area contributed by atoms with E-state index in [0.29, 0.717) is 5.02 Å². The first kappa shape index (κ1) is 16.8. The van der Waals surface area contributed by atoms with Crippen LogP contribution in [0.1, 0.15) is 20.3 Å². The largest absolute Gasteiger partial charge is 0.438 e. The summed E-state index contributed by atoms with van der Waals surface area (Å²) in [6.07, 6.45) is -2.97. The summed E-state index contributed by atoms with van der Waals surface area (Å²) in [6.45, 7) is 2.77. The summed E-state index contributed by atoms with van der Waals surface area (Å²) in [5, 5.41) is 17.8. The molecule has 1 aliphatic rings. The van der Waals surface area contributed by atoms with Crippen LogP contribution in [0.4, 0.5) is 13.2 Å². The van der Waals surface area contributed by atoms with Gasteiger partial charge in [-0.05, 0) is 6.92 Å². The minimum absolute atomic E-state index is 0.0184. The van der Waals surface area contributed by atoms with E-state index in [9.17, 15) is 23.1 Å². The van der Waals surface area contributed by atoms with E-state index in [4.69, 9.17) is 11.6 Å². The van der Waals surface area contributed by atoms with Crippen molar-refractivity contribution in [2.75, 3.05) is 0 Å². The van der Waals surface area contributed by atoms with Crippen molar-refractivity contribution in [2.24, 2.45) is 11.0 Å². The van der Waals surface area contributed by atoms with Gasteiger partial charge in [-0.15, -0.1) is 0 Å². The first-order valence-corrected chi connectivity index (χ1v) is 6.77. The Kier molecular flexibility index (Phi) is 4.22. The molecule has 1 aliphatic heterocycles. The second-order valence-electron chi connectivity index (χ2n) is 5.26. The normalized spacial score (nSPS) is 23.6. The number of hydrazone groups is 1. The average Bonchev–Trinajstić information content (AvgIpc) is 2.92. The van der Waals surface area contributed by atoms with Gasteiger partial charge in [-0.25, -0.2) is 0 Å². The van der Waals surface area contributed by atoms with Crippen LogP contribution in [0.3, 0.4) is 0 Å². The molecule has 0 saturated heterocycles. The molecule has 0 radical (unpaired) electrons. The lowest BCUT2D eigenvalue weighted by molar-refractivity contribution is -0.303. The van der Waals surface area contributed by atoms with Gasteiger partial charge in [-0.1, -0.05) is 18.5 Å². The second-order valence-corrected chi connectivity index (χ2v) is 5.69. The van der Waals surface area contributed by atoms with Crippen molar-refractivity contribution in [3.8, 4) is 0 Å². The molecule has 0 aliphatic carbocycles. The van der Waals surface area contributed by atoms with Crippen LogP contribution in [0.5, 0.6) is 0 Å². The molecular weight excluding hydrogens is 325 g/mol. The van der Waals surface area contributed by atoms with Crippen LogP contribution >= 0.6 is 11.6 Å². The van der Waals surface area contributed by atoms with Crippen molar-refractivity contribution in [3.05, 3.63) is 17.4 Å². The van der Waals surface area contributed by atoms with Gasteiger partial charge in [0.1, 0.15) is 0 Å². The Bertz CT molecular complexity index is 616. The fourth-order valence-corrected chi connectivity index (χ4v) is 2.33. The second kappa shape index (κ2) is 5.54. The molecule has 1 N–H and O–H groups in total. The van der Waals surface area contributed by atoms with Gasteiger partial charge in [0.25, 0.3) is 5.72 Å². The first-order valence-electron chi connectivity index (χ1n) is 6.40. The molecular formula is C12H14ClF3N4O2. The minimum Gasteiger partial charge on any atom is -0.362 e. The molecule has 22 heavy (non-hydrogen) atoms. The molecule has 0 saturated carbocycles. The highest BCUT2D eigenvalue weighted by Crippen LogP contribution is 2.40. The lowest BCUT2D eigenvalue weighted by Crippen LogP contribution is -2.57. The van der Waals surface area contributed by atoms with Crippen molar-refractivity contribution in [1.29, 1.82) is 0 Å². The van der Waals surface area contributed by atoms with Gasteiger partial charge in [-0.2, -0.15) is 28.4 Å². The van der Waals surface area contributed by atoms with Crippen LogP contribution < -0.4 is 0 Å². The number of aliphatic hydroxyl groups is 1. The zero-order valence-electron chi connectivity index (χ0n) is 11.8. The topological polar surface area (TPSA) is 70.7 Å². The summed E-state index contributed by atoms with van der Waals surface area (Å²) < 4.78 is 40.5. The molecule has 2 atom stereocenters. The molecule has 0 aromatic carbocycles. The van der Waals surface area contributed by atoms with Crippen LogP contribution in [0.25, 0.3) is 0 Å². The van der Waals surface area contributed by atoms with Gasteiger partial charge < -0.3 is 5.11 Å². The number of nitrogens with zero attached hydrogens (tertiary/aromatic N) is 4. The highest BCUT2D eigenvalue weighted by atomic mass is 35.5. The Morgan fingerprint density at radius 2 is 2.23 bits per heavy atom. The molecule has 1 aromatic heterocycles. The van der Waals surface area contributed by atoms with Crippen LogP contribution in [0.15, 0.2) is 17.5 Å². The Balaban J connectivity index is 2.19. The number of alkyl halides is 3. The molecule has 0 fully saturated rings. The Morgan fingerprint density at radius 1 is 1.59 bits per heavy atom. The minimum atomic E-state index is -5.00. The highest BCUT2D eigenvalue weighted by Gasteiger charge is 2.62. The van der Waals surface area contributed by atoms with Gasteiger partial charge in [0, 0.05) is 18.3 Å². The standard InChI is InChI=1S/C12H14ClF3N4O2/c1-7(5-19-6-9(13)4-17-19)10(21)20-11(22,12(14,15)16)3-8(2)18-20/h4,6-7,22H,3,5H2,1-2H3/t7-,11-/m1/s1. The van der Waals surface area contributed by atoms with Crippen molar-refractivity contribution < 1.29 is 23.1 Å². The van der Waals surface area contributed by atoms with Gasteiger partial charge in [0.2, 0.25) is 5.91 Å². The monoisotopic (exact) mass is 338 g/mol. The van der Waals surface area contributed by atoms with Crippen molar-refractivity contribution in [1.82, 2.24) is 14.8 Å². The van der Waals surface area contributed by atoms with Crippen molar-refractivity contribution in [3.63, 3.8) is 0 Å². The lowest BCUT2D eigenvalue weighted by atomic mass is 10.1. The summed E-state index contributed by atoms with van der Waals surface area (Å²) >= 11 is 5.69. The maximum Gasteiger partial charge on any atom is 0.438 e. The fraction of sp³-hybridized carbons (Fsp3) is 0.583. The van der Waals surface area contributed by atoms with Crippen LogP contribution in [0, 0.1) is 5.92 Å². The van der Waals surface area contributed by atoms with Crippen LogP contribution in [0.2, 0.25) is 5.02 Å². The van der Waals surface area contributed by atoms with E-state index in [1.807, 2.05) is 0 Å². The van der Waals surface area contributed by atoms with Gasteiger partial charge in [-0.3, -0.25) is 9.48 Å². The van der Waals surface area contributed by atoms with E-state index in [1.54, 1.807) is 0 Å². The maximum atomic E-state index is 13.1. The number of rotatable bonds is 3. The number of hydrogen-bond donors (Lipinski definition) is 1. The highest BCUT2D eigenvalue weighted by molar-refractivity contribution is 6.30. The van der Waals surface area contributed by atoms with E-state index in [-0.39, 0.29) is 17.3 Å². The SMILES string of the molecule is CC1=NN(C(=O)[C@H](C)Cn2cc(Cl)cn2)[C@](O)(C(F)(F)F)C1. The van der Waals surface area contributed by atoms with E-state index in [0.717, 1.165) is 0 Å². The number of carbonyl (C=O) groups is 1. The fourth-order valence-electron chi connectivity index (χ4n) is 2.18. The van der Waals surface area contributed by atoms with E-state index in [1.165, 1.54) is 30.9 Å². The van der Waals surface area contributed by atoms with Gasteiger partial charge >= 0.3 is 6.18 Å². The predicted octanol–water partition coefficient (Wildman–Crippen LogP) is 2.03. The third-order valence-corrected chi connectivity index (χ3v) is 3.47. The van der Waals surface area contributed by atoms with E-state index < -0.39 is 30.1 Å². The Hall–Kier alpha value is -1.61. The third kappa shape index (κ3) is 2.95. The maximum absolute atomic E-state index is 13.1. The van der Waals surface area contributed by atoms with Crippen molar-refractivity contribution in [2.45, 2.75) is 38.7 Å². The number of carbonyl (C=O) groups excluding carboxylic acids is 1. The number of halogens is 4. The van der Waals surface area contributed by atoms with E-state index >= 15 is 0 Å². The smallest absolute Gasteiger partial charge is 0.362 e. The third-order valence-electron chi connectivity index (χ3n) is 3.27. The first-order chi connectivity index (χ1) is 10.0.